The zero-order valence-electron chi connectivity index (χ0n) is 15.6. The number of nitrogens with one attached hydrogen (secondary N) is 1. The van der Waals surface area contributed by atoms with E-state index in [0.717, 1.165) is 12.3 Å². The third-order valence-electron chi connectivity index (χ3n) is 4.62. The van der Waals surface area contributed by atoms with Gasteiger partial charge in [-0.15, -0.1) is 0 Å². The fourth-order valence-electron chi connectivity index (χ4n) is 3.07. The van der Waals surface area contributed by atoms with Gasteiger partial charge in [0.15, 0.2) is 5.76 Å². The maximum absolute atomic E-state index is 12.7. The lowest BCUT2D eigenvalue weighted by molar-refractivity contribution is -0.137. The second kappa shape index (κ2) is 8.97. The van der Waals surface area contributed by atoms with Gasteiger partial charge in [0.1, 0.15) is 5.82 Å². The van der Waals surface area contributed by atoms with Gasteiger partial charge < -0.3 is 19.5 Å². The molecule has 0 spiro atoms. The number of anilines is 1. The van der Waals surface area contributed by atoms with E-state index in [1.807, 2.05) is 4.90 Å². The Morgan fingerprint density at radius 2 is 1.97 bits per heavy atom. The van der Waals surface area contributed by atoms with Crippen LogP contribution in [0.1, 0.15) is 29.0 Å². The third kappa shape index (κ3) is 5.49. The van der Waals surface area contributed by atoms with Crippen molar-refractivity contribution >= 4 is 17.6 Å². The van der Waals surface area contributed by atoms with E-state index in [-0.39, 0.29) is 30.5 Å². The van der Waals surface area contributed by atoms with Crippen LogP contribution in [-0.2, 0) is 11.0 Å². The molecule has 0 saturated carbocycles. The van der Waals surface area contributed by atoms with Gasteiger partial charge in [0.2, 0.25) is 5.91 Å². The molecule has 2 aromatic rings. The summed E-state index contributed by atoms with van der Waals surface area (Å²) in [6, 6.07) is 5.51. The molecule has 1 aliphatic heterocycles. The number of amides is 2. The zero-order valence-corrected chi connectivity index (χ0v) is 15.6. The van der Waals surface area contributed by atoms with Gasteiger partial charge >= 0.3 is 6.18 Å². The Balaban J connectivity index is 1.47. The molecule has 2 aromatic heterocycles. The van der Waals surface area contributed by atoms with E-state index >= 15 is 0 Å². The van der Waals surface area contributed by atoms with Crippen LogP contribution in [0.4, 0.5) is 19.0 Å². The van der Waals surface area contributed by atoms with Crippen LogP contribution in [0.3, 0.4) is 0 Å². The fourth-order valence-corrected chi connectivity index (χ4v) is 3.07. The Labute approximate surface area is 165 Å². The van der Waals surface area contributed by atoms with Crippen LogP contribution >= 0.6 is 0 Å². The molecule has 0 unspecified atom stereocenters. The molecule has 1 aliphatic rings. The number of pyridine rings is 1. The van der Waals surface area contributed by atoms with E-state index in [4.69, 9.17) is 4.42 Å². The fraction of sp³-hybridized carbons (Fsp3) is 0.421. The SMILES string of the molecule is O=C(NCCC(=O)N1CCCN(c2ccc(C(F)(F)F)cn2)CC1)c1ccco1. The Kier molecular flexibility index (Phi) is 6.40. The molecule has 0 radical (unpaired) electrons. The van der Waals surface area contributed by atoms with Crippen molar-refractivity contribution in [3.05, 3.63) is 48.0 Å². The van der Waals surface area contributed by atoms with Crippen LogP contribution in [0, 0.1) is 0 Å². The molecule has 0 aliphatic carbocycles. The van der Waals surface area contributed by atoms with Crippen molar-refractivity contribution in [1.29, 1.82) is 0 Å². The Hall–Kier alpha value is -3.04. The molecule has 0 atom stereocenters. The van der Waals surface area contributed by atoms with E-state index in [9.17, 15) is 22.8 Å². The van der Waals surface area contributed by atoms with Gasteiger partial charge in [-0.25, -0.2) is 4.98 Å². The summed E-state index contributed by atoms with van der Waals surface area (Å²) in [5, 5.41) is 2.63. The Bertz CT molecular complexity index is 822. The molecular weight excluding hydrogens is 389 g/mol. The molecule has 10 heteroatoms. The molecule has 0 bridgehead atoms. The summed E-state index contributed by atoms with van der Waals surface area (Å²) in [5.41, 5.74) is -0.788. The number of carbonyl (C=O) groups excluding carboxylic acids is 2. The van der Waals surface area contributed by atoms with Gasteiger partial charge in [0.25, 0.3) is 5.91 Å². The number of hydrogen-bond donors (Lipinski definition) is 1. The van der Waals surface area contributed by atoms with Gasteiger partial charge in [0.05, 0.1) is 11.8 Å². The topological polar surface area (TPSA) is 78.7 Å². The first-order valence-electron chi connectivity index (χ1n) is 9.22. The summed E-state index contributed by atoms with van der Waals surface area (Å²) >= 11 is 0. The quantitative estimate of drug-likeness (QED) is 0.820. The monoisotopic (exact) mass is 410 g/mol. The number of hydrogen-bond acceptors (Lipinski definition) is 5. The normalized spacial score (nSPS) is 15.1. The first-order valence-corrected chi connectivity index (χ1v) is 9.22. The molecule has 156 valence electrons. The molecule has 0 aromatic carbocycles. The lowest BCUT2D eigenvalue weighted by atomic mass is 10.2. The predicted molar refractivity (Wildman–Crippen MR) is 98.3 cm³/mol. The minimum absolute atomic E-state index is 0.0908. The van der Waals surface area contributed by atoms with Gasteiger partial charge in [0, 0.05) is 45.3 Å². The van der Waals surface area contributed by atoms with E-state index in [0.29, 0.717) is 38.4 Å². The molecule has 7 nitrogen and oxygen atoms in total. The van der Waals surface area contributed by atoms with Gasteiger partial charge in [-0.2, -0.15) is 13.2 Å². The summed E-state index contributed by atoms with van der Waals surface area (Å²) in [5.74, 6) is 0.176. The van der Waals surface area contributed by atoms with E-state index in [1.165, 1.54) is 18.4 Å². The van der Waals surface area contributed by atoms with Gasteiger partial charge in [-0.3, -0.25) is 9.59 Å². The molecule has 3 heterocycles. The van der Waals surface area contributed by atoms with Crippen molar-refractivity contribution in [2.75, 3.05) is 37.6 Å². The Morgan fingerprint density at radius 3 is 2.62 bits per heavy atom. The maximum Gasteiger partial charge on any atom is 0.417 e. The minimum atomic E-state index is -4.42. The van der Waals surface area contributed by atoms with Crippen LogP contribution in [-0.4, -0.2) is 54.4 Å². The first-order chi connectivity index (χ1) is 13.8. The number of nitrogens with zero attached hydrogens (tertiary/aromatic N) is 3. The van der Waals surface area contributed by atoms with E-state index in [2.05, 4.69) is 10.3 Å². The van der Waals surface area contributed by atoms with Crippen molar-refractivity contribution in [2.24, 2.45) is 0 Å². The molecule has 1 fully saturated rings. The standard InChI is InChI=1S/C19H21F3N4O3/c20-19(21,22)14-4-5-16(24-13-14)25-8-2-9-26(11-10-25)17(27)6-7-23-18(28)15-3-1-12-29-15/h1,3-5,12-13H,2,6-11H2,(H,23,28). The molecular formula is C19H21F3N4O3. The summed E-state index contributed by atoms with van der Waals surface area (Å²) in [4.78, 5) is 31.7. The van der Waals surface area contributed by atoms with Gasteiger partial charge in [-0.1, -0.05) is 0 Å². The average Bonchev–Trinajstić information content (AvgIpc) is 3.12. The van der Waals surface area contributed by atoms with Crippen LogP contribution in [0.2, 0.25) is 0 Å². The van der Waals surface area contributed by atoms with Crippen molar-refractivity contribution < 1.29 is 27.2 Å². The number of furan rings is 1. The summed E-state index contributed by atoms with van der Waals surface area (Å²) in [6.45, 7) is 2.25. The Morgan fingerprint density at radius 1 is 1.14 bits per heavy atom. The van der Waals surface area contributed by atoms with E-state index < -0.39 is 11.7 Å². The highest BCUT2D eigenvalue weighted by Crippen LogP contribution is 2.29. The lowest BCUT2D eigenvalue weighted by Gasteiger charge is -2.23. The van der Waals surface area contributed by atoms with Crippen LogP contribution in [0.25, 0.3) is 0 Å². The molecule has 1 saturated heterocycles. The number of aromatic nitrogens is 1. The predicted octanol–water partition coefficient (Wildman–Crippen LogP) is 2.55. The summed E-state index contributed by atoms with van der Waals surface area (Å²) in [7, 11) is 0. The maximum atomic E-state index is 12.7. The number of rotatable bonds is 5. The number of carbonyl (C=O) groups is 2. The summed E-state index contributed by atoms with van der Waals surface area (Å²) in [6.07, 6.45) is -1.36. The third-order valence-corrected chi connectivity index (χ3v) is 4.62. The smallest absolute Gasteiger partial charge is 0.417 e. The molecule has 2 amide bonds. The summed E-state index contributed by atoms with van der Waals surface area (Å²) < 4.78 is 43.0. The van der Waals surface area contributed by atoms with Crippen molar-refractivity contribution in [3.63, 3.8) is 0 Å². The average molecular weight is 410 g/mol. The molecule has 29 heavy (non-hydrogen) atoms. The van der Waals surface area contributed by atoms with E-state index in [1.54, 1.807) is 11.0 Å². The van der Waals surface area contributed by atoms with Crippen molar-refractivity contribution in [1.82, 2.24) is 15.2 Å². The van der Waals surface area contributed by atoms with Crippen LogP contribution < -0.4 is 10.2 Å². The second-order valence-corrected chi connectivity index (χ2v) is 6.61. The lowest BCUT2D eigenvalue weighted by Crippen LogP contribution is -2.37. The van der Waals surface area contributed by atoms with Gasteiger partial charge in [-0.05, 0) is 30.7 Å². The molecule has 1 N–H and O–H groups in total. The largest absolute Gasteiger partial charge is 0.459 e. The van der Waals surface area contributed by atoms with Crippen molar-refractivity contribution in [2.45, 2.75) is 19.0 Å². The van der Waals surface area contributed by atoms with Crippen LogP contribution in [0.15, 0.2) is 41.1 Å². The van der Waals surface area contributed by atoms with Crippen molar-refractivity contribution in [3.8, 4) is 0 Å². The molecule has 3 rings (SSSR count). The van der Waals surface area contributed by atoms with Crippen LogP contribution in [0.5, 0.6) is 0 Å². The highest BCUT2D eigenvalue weighted by Gasteiger charge is 2.31. The highest BCUT2D eigenvalue weighted by atomic mass is 19.4. The first kappa shape index (κ1) is 20.7. The number of alkyl halides is 3. The second-order valence-electron chi connectivity index (χ2n) is 6.61. The highest BCUT2D eigenvalue weighted by molar-refractivity contribution is 5.91. The zero-order chi connectivity index (χ0) is 20.9. The number of halogens is 3. The minimum Gasteiger partial charge on any atom is -0.459 e.